The molecule has 1 aromatic carbocycles. The van der Waals surface area contributed by atoms with Gasteiger partial charge in [0.25, 0.3) is 0 Å². The molecule has 3 N–H and O–H groups in total. The molecule has 3 heteroatoms. The Kier molecular flexibility index (Phi) is 4.08. The highest BCUT2D eigenvalue weighted by Gasteiger charge is 2.36. The van der Waals surface area contributed by atoms with Crippen LogP contribution >= 0.6 is 11.6 Å². The van der Waals surface area contributed by atoms with Gasteiger partial charge in [0.2, 0.25) is 0 Å². The first kappa shape index (κ1) is 12.9. The van der Waals surface area contributed by atoms with E-state index in [-0.39, 0.29) is 12.0 Å². The van der Waals surface area contributed by atoms with Crippen LogP contribution in [0.1, 0.15) is 31.2 Å². The molecule has 0 bridgehead atoms. The third kappa shape index (κ3) is 3.01. The average molecular weight is 254 g/mol. The van der Waals surface area contributed by atoms with E-state index in [0.29, 0.717) is 23.4 Å². The normalized spacial score (nSPS) is 20.9. The molecule has 1 aromatic rings. The lowest BCUT2D eigenvalue weighted by Gasteiger charge is -2.27. The summed E-state index contributed by atoms with van der Waals surface area (Å²) >= 11 is 5.98. The number of benzene rings is 1. The van der Waals surface area contributed by atoms with Crippen molar-refractivity contribution in [1.82, 2.24) is 0 Å². The summed E-state index contributed by atoms with van der Waals surface area (Å²) in [4.78, 5) is 0. The second kappa shape index (κ2) is 5.38. The number of nitrogens with two attached hydrogens (primary N) is 1. The SMILES string of the molecule is CC(C1CC1)C(O)C(CN)c1cccc(Cl)c1. The number of aliphatic hydroxyl groups is 1. The zero-order valence-corrected chi connectivity index (χ0v) is 10.9. The van der Waals surface area contributed by atoms with Gasteiger partial charge in [0.05, 0.1) is 6.10 Å². The van der Waals surface area contributed by atoms with Gasteiger partial charge < -0.3 is 10.8 Å². The van der Waals surface area contributed by atoms with Gasteiger partial charge in [-0.3, -0.25) is 0 Å². The summed E-state index contributed by atoms with van der Waals surface area (Å²) < 4.78 is 0. The second-order valence-electron chi connectivity index (χ2n) is 5.08. The lowest BCUT2D eigenvalue weighted by molar-refractivity contribution is 0.0801. The van der Waals surface area contributed by atoms with Gasteiger partial charge in [-0.1, -0.05) is 30.7 Å². The van der Waals surface area contributed by atoms with Gasteiger partial charge >= 0.3 is 0 Å². The number of rotatable bonds is 5. The van der Waals surface area contributed by atoms with Crippen LogP contribution in [0.15, 0.2) is 24.3 Å². The first-order chi connectivity index (χ1) is 8.13. The highest BCUT2D eigenvalue weighted by Crippen LogP contribution is 2.41. The molecule has 17 heavy (non-hydrogen) atoms. The number of halogens is 1. The minimum absolute atomic E-state index is 0.00991. The van der Waals surface area contributed by atoms with E-state index in [1.807, 2.05) is 24.3 Å². The Morgan fingerprint density at radius 1 is 1.47 bits per heavy atom. The molecule has 1 aliphatic rings. The van der Waals surface area contributed by atoms with Crippen LogP contribution in [0.5, 0.6) is 0 Å². The summed E-state index contributed by atoms with van der Waals surface area (Å²) in [7, 11) is 0. The van der Waals surface area contributed by atoms with Crippen LogP contribution in [-0.2, 0) is 0 Å². The second-order valence-corrected chi connectivity index (χ2v) is 5.52. The monoisotopic (exact) mass is 253 g/mol. The van der Waals surface area contributed by atoms with E-state index < -0.39 is 0 Å². The summed E-state index contributed by atoms with van der Waals surface area (Å²) in [6.45, 7) is 2.58. The van der Waals surface area contributed by atoms with E-state index in [1.54, 1.807) is 0 Å². The van der Waals surface area contributed by atoms with Gasteiger partial charge in [-0.05, 0) is 42.4 Å². The van der Waals surface area contributed by atoms with Crippen molar-refractivity contribution in [3.05, 3.63) is 34.9 Å². The average Bonchev–Trinajstić information content (AvgIpc) is 3.13. The maximum atomic E-state index is 10.4. The van der Waals surface area contributed by atoms with Crippen molar-refractivity contribution in [2.45, 2.75) is 31.8 Å². The van der Waals surface area contributed by atoms with Crippen LogP contribution in [0.4, 0.5) is 0 Å². The van der Waals surface area contributed by atoms with E-state index in [1.165, 1.54) is 12.8 Å². The van der Waals surface area contributed by atoms with Crippen LogP contribution in [-0.4, -0.2) is 17.8 Å². The quantitative estimate of drug-likeness (QED) is 0.848. The summed E-state index contributed by atoms with van der Waals surface area (Å²) in [6.07, 6.45) is 2.11. The zero-order valence-electron chi connectivity index (χ0n) is 10.1. The molecule has 0 heterocycles. The van der Waals surface area contributed by atoms with Gasteiger partial charge in [0, 0.05) is 17.5 Å². The van der Waals surface area contributed by atoms with E-state index in [9.17, 15) is 5.11 Å². The first-order valence-corrected chi connectivity index (χ1v) is 6.65. The summed E-state index contributed by atoms with van der Waals surface area (Å²) in [5, 5.41) is 11.1. The van der Waals surface area contributed by atoms with Crippen molar-refractivity contribution in [1.29, 1.82) is 0 Å². The van der Waals surface area contributed by atoms with Crippen molar-refractivity contribution in [2.24, 2.45) is 17.6 Å². The highest BCUT2D eigenvalue weighted by atomic mass is 35.5. The maximum Gasteiger partial charge on any atom is 0.0649 e. The Hall–Kier alpha value is -0.570. The fraction of sp³-hybridized carbons (Fsp3) is 0.571. The molecule has 3 atom stereocenters. The number of hydrogen-bond donors (Lipinski definition) is 2. The molecular weight excluding hydrogens is 234 g/mol. The predicted molar refractivity (Wildman–Crippen MR) is 71.1 cm³/mol. The zero-order chi connectivity index (χ0) is 12.4. The van der Waals surface area contributed by atoms with Gasteiger partial charge in [0.1, 0.15) is 0 Å². The molecule has 1 aliphatic carbocycles. The minimum Gasteiger partial charge on any atom is -0.392 e. The van der Waals surface area contributed by atoms with Crippen LogP contribution in [0, 0.1) is 11.8 Å². The molecule has 1 fully saturated rings. The Balaban J connectivity index is 2.14. The third-order valence-electron chi connectivity index (χ3n) is 3.85. The van der Waals surface area contributed by atoms with E-state index in [2.05, 4.69) is 6.92 Å². The molecule has 2 rings (SSSR count). The van der Waals surface area contributed by atoms with E-state index in [4.69, 9.17) is 17.3 Å². The molecule has 3 unspecified atom stereocenters. The van der Waals surface area contributed by atoms with Crippen LogP contribution in [0.2, 0.25) is 5.02 Å². The standard InChI is InChI=1S/C14H20ClNO/c1-9(10-5-6-10)14(17)13(8-16)11-3-2-4-12(15)7-11/h2-4,7,9-10,13-14,17H,5-6,8,16H2,1H3. The molecule has 94 valence electrons. The Labute approximate surface area is 108 Å². The molecule has 0 aromatic heterocycles. The largest absolute Gasteiger partial charge is 0.392 e. The Bertz CT molecular complexity index is 378. The molecule has 0 saturated heterocycles. The third-order valence-corrected chi connectivity index (χ3v) is 4.08. The van der Waals surface area contributed by atoms with Gasteiger partial charge in [-0.25, -0.2) is 0 Å². The minimum atomic E-state index is -0.369. The van der Waals surface area contributed by atoms with Crippen molar-refractivity contribution in [2.75, 3.05) is 6.54 Å². The predicted octanol–water partition coefficient (Wildman–Crippen LogP) is 2.79. The molecule has 1 saturated carbocycles. The molecule has 0 spiro atoms. The van der Waals surface area contributed by atoms with Crippen LogP contribution in [0.25, 0.3) is 0 Å². The molecule has 0 radical (unpaired) electrons. The lowest BCUT2D eigenvalue weighted by atomic mass is 9.84. The van der Waals surface area contributed by atoms with E-state index >= 15 is 0 Å². The Morgan fingerprint density at radius 2 is 2.18 bits per heavy atom. The van der Waals surface area contributed by atoms with Gasteiger partial charge in [0.15, 0.2) is 0 Å². The van der Waals surface area contributed by atoms with Gasteiger partial charge in [-0.2, -0.15) is 0 Å². The van der Waals surface area contributed by atoms with E-state index in [0.717, 1.165) is 5.56 Å². The highest BCUT2D eigenvalue weighted by molar-refractivity contribution is 6.30. The first-order valence-electron chi connectivity index (χ1n) is 6.27. The summed E-state index contributed by atoms with van der Waals surface area (Å²) in [5.74, 6) is 0.991. The van der Waals surface area contributed by atoms with Crippen LogP contribution < -0.4 is 5.73 Å². The number of hydrogen-bond acceptors (Lipinski definition) is 2. The van der Waals surface area contributed by atoms with Crippen molar-refractivity contribution in [3.63, 3.8) is 0 Å². The van der Waals surface area contributed by atoms with Crippen molar-refractivity contribution >= 4 is 11.6 Å². The maximum absolute atomic E-state index is 10.4. The van der Waals surface area contributed by atoms with Crippen molar-refractivity contribution < 1.29 is 5.11 Å². The summed E-state index contributed by atoms with van der Waals surface area (Å²) in [5.41, 5.74) is 6.85. The molecular formula is C14H20ClNO. The number of aliphatic hydroxyl groups excluding tert-OH is 1. The molecule has 2 nitrogen and oxygen atoms in total. The molecule has 0 aliphatic heterocycles. The summed E-state index contributed by atoms with van der Waals surface area (Å²) in [6, 6.07) is 7.65. The molecule has 0 amide bonds. The fourth-order valence-corrected chi connectivity index (χ4v) is 2.68. The van der Waals surface area contributed by atoms with Crippen molar-refractivity contribution in [3.8, 4) is 0 Å². The smallest absolute Gasteiger partial charge is 0.0649 e. The Morgan fingerprint density at radius 3 is 2.71 bits per heavy atom. The van der Waals surface area contributed by atoms with Gasteiger partial charge in [-0.15, -0.1) is 0 Å². The van der Waals surface area contributed by atoms with Crippen LogP contribution in [0.3, 0.4) is 0 Å². The fourth-order valence-electron chi connectivity index (χ4n) is 2.48. The topological polar surface area (TPSA) is 46.2 Å². The lowest BCUT2D eigenvalue weighted by Crippen LogP contribution is -2.32.